The smallest absolute Gasteiger partial charge is 0.163 e. The molecule has 3 aromatic heterocycles. The van der Waals surface area contributed by atoms with E-state index in [-0.39, 0.29) is 6.04 Å². The zero-order valence-electron chi connectivity index (χ0n) is 13.4. The van der Waals surface area contributed by atoms with Gasteiger partial charge in [0.2, 0.25) is 0 Å². The predicted octanol–water partition coefficient (Wildman–Crippen LogP) is 4.35. The van der Waals surface area contributed by atoms with Crippen LogP contribution in [0.2, 0.25) is 0 Å². The standard InChI is InChI=1S/C18H16N4S2/c1-11-7-10-24-16(11)15-18(19-2)22-17-12(5-3-8-20-17)14(21-15)13-6-4-9-23-13/h3-10,15H,1-2H3,(H,19,20,22). The van der Waals surface area contributed by atoms with Crippen molar-refractivity contribution in [1.82, 2.24) is 10.3 Å². The van der Waals surface area contributed by atoms with Gasteiger partial charge in [-0.15, -0.1) is 22.7 Å². The largest absolute Gasteiger partial charge is 0.374 e. The highest BCUT2D eigenvalue weighted by atomic mass is 32.1. The maximum absolute atomic E-state index is 5.12. The third-order valence-corrected chi connectivity index (χ3v) is 5.89. The van der Waals surface area contributed by atoms with Crippen molar-refractivity contribution in [2.45, 2.75) is 13.0 Å². The summed E-state index contributed by atoms with van der Waals surface area (Å²) < 4.78 is 0. The van der Waals surface area contributed by atoms with Gasteiger partial charge in [-0.3, -0.25) is 4.99 Å². The van der Waals surface area contributed by atoms with Crippen molar-refractivity contribution in [1.29, 1.82) is 0 Å². The van der Waals surface area contributed by atoms with Gasteiger partial charge >= 0.3 is 0 Å². The van der Waals surface area contributed by atoms with Crippen LogP contribution >= 0.6 is 22.7 Å². The first-order chi connectivity index (χ1) is 11.8. The number of hydrogen-bond acceptors (Lipinski definition) is 6. The average molecular weight is 352 g/mol. The van der Waals surface area contributed by atoms with E-state index in [4.69, 9.17) is 9.98 Å². The van der Waals surface area contributed by atoms with E-state index in [9.17, 15) is 0 Å². The topological polar surface area (TPSA) is 49.6 Å². The van der Waals surface area contributed by atoms with Crippen LogP contribution in [0.25, 0.3) is 0 Å². The fraction of sp³-hybridized carbons (Fsp3) is 0.167. The van der Waals surface area contributed by atoms with Crippen LogP contribution in [0.4, 0.5) is 5.82 Å². The number of aromatic nitrogens is 1. The zero-order chi connectivity index (χ0) is 16.5. The van der Waals surface area contributed by atoms with E-state index in [1.165, 1.54) is 10.4 Å². The van der Waals surface area contributed by atoms with Crippen molar-refractivity contribution in [2.24, 2.45) is 9.98 Å². The van der Waals surface area contributed by atoms with Gasteiger partial charge < -0.3 is 5.32 Å². The molecule has 0 spiro atoms. The lowest BCUT2D eigenvalue weighted by molar-refractivity contribution is 0.920. The molecule has 3 aromatic rings. The van der Waals surface area contributed by atoms with Crippen molar-refractivity contribution >= 4 is 40.0 Å². The molecule has 0 fully saturated rings. The van der Waals surface area contributed by atoms with Gasteiger partial charge in [0.05, 0.1) is 10.6 Å². The Morgan fingerprint density at radius 2 is 2.00 bits per heavy atom. The minimum Gasteiger partial charge on any atom is -0.374 e. The minimum atomic E-state index is -0.138. The third kappa shape index (κ3) is 2.57. The zero-order valence-corrected chi connectivity index (χ0v) is 15.0. The number of aryl methyl sites for hydroxylation is 1. The van der Waals surface area contributed by atoms with E-state index in [0.717, 1.165) is 22.0 Å². The van der Waals surface area contributed by atoms with Crippen LogP contribution in [0.5, 0.6) is 0 Å². The number of aliphatic imine (C=N–C) groups is 2. The molecule has 1 N–H and O–H groups in total. The molecule has 0 saturated heterocycles. The number of pyridine rings is 1. The Bertz CT molecular complexity index is 922. The summed E-state index contributed by atoms with van der Waals surface area (Å²) in [5.74, 6) is 1.54. The predicted molar refractivity (Wildman–Crippen MR) is 102 cm³/mol. The summed E-state index contributed by atoms with van der Waals surface area (Å²) in [5.41, 5.74) is 3.17. The van der Waals surface area contributed by atoms with Crippen LogP contribution in [0.15, 0.2) is 57.3 Å². The molecule has 4 heterocycles. The normalized spacial score (nSPS) is 16.8. The Kier molecular flexibility index (Phi) is 4.00. The fourth-order valence-electron chi connectivity index (χ4n) is 2.76. The van der Waals surface area contributed by atoms with Gasteiger partial charge in [-0.05, 0) is 47.5 Å². The van der Waals surface area contributed by atoms with Crippen molar-refractivity contribution in [2.75, 3.05) is 7.05 Å². The molecule has 24 heavy (non-hydrogen) atoms. The maximum Gasteiger partial charge on any atom is 0.163 e. The van der Waals surface area contributed by atoms with Crippen molar-refractivity contribution in [3.8, 4) is 0 Å². The quantitative estimate of drug-likeness (QED) is 0.745. The number of nitrogens with one attached hydrogen (secondary N) is 1. The van der Waals surface area contributed by atoms with Gasteiger partial charge in [0.1, 0.15) is 11.9 Å². The molecular formula is C18H16N4S2. The Hall–Kier alpha value is -2.31. The molecule has 0 bridgehead atoms. The number of nitrogens with zero attached hydrogens (tertiary/aromatic N) is 3. The van der Waals surface area contributed by atoms with Crippen LogP contribution in [0.3, 0.4) is 0 Å². The monoisotopic (exact) mass is 352 g/mol. The molecule has 0 radical (unpaired) electrons. The summed E-state index contributed by atoms with van der Waals surface area (Å²) in [6.45, 7) is 2.12. The summed E-state index contributed by atoms with van der Waals surface area (Å²) in [6, 6.07) is 10.1. The van der Waals surface area contributed by atoms with Gasteiger partial charge in [-0.25, -0.2) is 9.98 Å². The molecule has 120 valence electrons. The molecule has 0 aromatic carbocycles. The molecule has 0 aliphatic carbocycles. The van der Waals surface area contributed by atoms with E-state index in [0.29, 0.717) is 5.82 Å². The summed E-state index contributed by atoms with van der Waals surface area (Å²) in [5, 5.41) is 7.41. The van der Waals surface area contributed by atoms with E-state index < -0.39 is 0 Å². The highest BCUT2D eigenvalue weighted by Gasteiger charge is 2.26. The maximum atomic E-state index is 5.12. The molecule has 0 amide bonds. The molecule has 4 rings (SSSR count). The second-order valence-corrected chi connectivity index (χ2v) is 7.34. The highest BCUT2D eigenvalue weighted by Crippen LogP contribution is 2.34. The molecule has 6 heteroatoms. The Morgan fingerprint density at radius 1 is 1.08 bits per heavy atom. The van der Waals surface area contributed by atoms with E-state index in [2.05, 4.69) is 46.2 Å². The molecular weight excluding hydrogens is 336 g/mol. The van der Waals surface area contributed by atoms with Crippen LogP contribution in [0.1, 0.15) is 26.9 Å². The molecule has 0 saturated carbocycles. The van der Waals surface area contributed by atoms with E-state index >= 15 is 0 Å². The van der Waals surface area contributed by atoms with Gasteiger partial charge in [-0.2, -0.15) is 0 Å². The molecule has 1 aliphatic heterocycles. The number of amidine groups is 1. The number of rotatable bonds is 2. The summed E-state index contributed by atoms with van der Waals surface area (Å²) in [4.78, 5) is 16.7. The van der Waals surface area contributed by atoms with Gasteiger partial charge in [-0.1, -0.05) is 6.07 Å². The molecule has 1 aliphatic rings. The Labute approximate surface area is 148 Å². The van der Waals surface area contributed by atoms with Crippen LogP contribution in [-0.2, 0) is 0 Å². The SMILES string of the molecule is CNC1=Nc2ncccc2C(c2cccs2)=NC1c1sccc1C. The van der Waals surface area contributed by atoms with Crippen molar-refractivity contribution < 1.29 is 0 Å². The number of hydrogen-bond donors (Lipinski definition) is 1. The summed E-state index contributed by atoms with van der Waals surface area (Å²) >= 11 is 3.41. The second kappa shape index (κ2) is 6.30. The number of fused-ring (bicyclic) bond motifs is 1. The van der Waals surface area contributed by atoms with E-state index in [1.807, 2.05) is 19.2 Å². The average Bonchev–Trinajstić information content (AvgIpc) is 3.24. The highest BCUT2D eigenvalue weighted by molar-refractivity contribution is 7.12. The lowest BCUT2D eigenvalue weighted by atomic mass is 10.1. The van der Waals surface area contributed by atoms with Crippen LogP contribution in [-0.4, -0.2) is 23.6 Å². The first-order valence-electron chi connectivity index (χ1n) is 7.65. The lowest BCUT2D eigenvalue weighted by Crippen LogP contribution is -2.25. The van der Waals surface area contributed by atoms with E-state index in [1.54, 1.807) is 28.9 Å². The van der Waals surface area contributed by atoms with Crippen molar-refractivity contribution in [3.05, 3.63) is 68.2 Å². The Morgan fingerprint density at radius 3 is 2.71 bits per heavy atom. The number of thiophene rings is 2. The summed E-state index contributed by atoms with van der Waals surface area (Å²) in [6.07, 6.45) is 1.78. The van der Waals surface area contributed by atoms with Gasteiger partial charge in [0, 0.05) is 23.7 Å². The third-order valence-electron chi connectivity index (χ3n) is 3.95. The summed E-state index contributed by atoms with van der Waals surface area (Å²) in [7, 11) is 1.89. The molecule has 1 atom stereocenters. The van der Waals surface area contributed by atoms with Gasteiger partial charge in [0.15, 0.2) is 5.82 Å². The first-order valence-corrected chi connectivity index (χ1v) is 9.41. The second-order valence-electron chi connectivity index (χ2n) is 5.45. The van der Waals surface area contributed by atoms with Gasteiger partial charge in [0.25, 0.3) is 0 Å². The van der Waals surface area contributed by atoms with Crippen molar-refractivity contribution in [3.63, 3.8) is 0 Å². The number of likely N-dealkylation sites (N-methyl/N-ethyl adjacent to an activating group) is 1. The Balaban J connectivity index is 1.97. The fourth-order valence-corrected chi connectivity index (χ4v) is 4.46. The molecule has 4 nitrogen and oxygen atoms in total. The lowest BCUT2D eigenvalue weighted by Gasteiger charge is -2.14. The minimum absolute atomic E-state index is 0.138. The molecule has 1 unspecified atom stereocenters. The van der Waals surface area contributed by atoms with Crippen LogP contribution < -0.4 is 5.32 Å². The first kappa shape index (κ1) is 15.2. The van der Waals surface area contributed by atoms with Crippen LogP contribution in [0, 0.1) is 6.92 Å².